The SMILES string of the molecule is COC(=O)[C@@H](C)[C@H](c1cccc(OC(C)C2CN(C(=O)OC(C)(C)C)C2)c1)C1CC1. The lowest BCUT2D eigenvalue weighted by molar-refractivity contribution is -0.145. The average molecular weight is 418 g/mol. The van der Waals surface area contributed by atoms with Crippen molar-refractivity contribution in [3.63, 3.8) is 0 Å². The summed E-state index contributed by atoms with van der Waals surface area (Å²) in [6.07, 6.45) is 2.01. The van der Waals surface area contributed by atoms with E-state index in [1.807, 2.05) is 46.8 Å². The highest BCUT2D eigenvalue weighted by Gasteiger charge is 2.40. The first kappa shape index (κ1) is 22.4. The van der Waals surface area contributed by atoms with Gasteiger partial charge < -0.3 is 19.1 Å². The molecule has 1 saturated carbocycles. The Hall–Kier alpha value is -2.24. The zero-order valence-electron chi connectivity index (χ0n) is 19.0. The number of methoxy groups -OCH3 is 1. The van der Waals surface area contributed by atoms with E-state index in [0.29, 0.717) is 19.0 Å². The number of rotatable bonds is 7. The minimum atomic E-state index is -0.482. The average Bonchev–Trinajstić information content (AvgIpc) is 3.43. The maximum atomic E-state index is 12.1. The molecule has 3 rings (SSSR count). The van der Waals surface area contributed by atoms with E-state index in [2.05, 4.69) is 12.1 Å². The van der Waals surface area contributed by atoms with Crippen molar-refractivity contribution in [2.45, 2.75) is 65.1 Å². The van der Waals surface area contributed by atoms with Crippen LogP contribution >= 0.6 is 0 Å². The van der Waals surface area contributed by atoms with Gasteiger partial charge in [-0.25, -0.2) is 4.79 Å². The second kappa shape index (κ2) is 8.86. The van der Waals surface area contributed by atoms with Crippen LogP contribution in [0, 0.1) is 17.8 Å². The van der Waals surface area contributed by atoms with Crippen LogP contribution in [-0.4, -0.2) is 48.9 Å². The number of ether oxygens (including phenoxy) is 3. The molecule has 3 atom stereocenters. The van der Waals surface area contributed by atoms with E-state index >= 15 is 0 Å². The van der Waals surface area contributed by atoms with Gasteiger partial charge in [0.2, 0.25) is 0 Å². The molecule has 1 aliphatic carbocycles. The number of hydrogen-bond acceptors (Lipinski definition) is 5. The number of carbonyl (C=O) groups excluding carboxylic acids is 2. The summed E-state index contributed by atoms with van der Waals surface area (Å²) in [5.74, 6) is 1.42. The van der Waals surface area contributed by atoms with E-state index in [-0.39, 0.29) is 35.9 Å². The summed E-state index contributed by atoms with van der Waals surface area (Å²) in [5, 5.41) is 0. The molecule has 1 aliphatic heterocycles. The lowest BCUT2D eigenvalue weighted by atomic mass is 9.83. The fourth-order valence-electron chi connectivity index (χ4n) is 4.15. The monoisotopic (exact) mass is 417 g/mol. The molecule has 0 spiro atoms. The van der Waals surface area contributed by atoms with Gasteiger partial charge in [0.15, 0.2) is 0 Å². The van der Waals surface area contributed by atoms with Gasteiger partial charge in [0.05, 0.1) is 13.0 Å². The van der Waals surface area contributed by atoms with Gasteiger partial charge in [-0.1, -0.05) is 19.1 Å². The van der Waals surface area contributed by atoms with Crippen LogP contribution in [0.25, 0.3) is 0 Å². The quantitative estimate of drug-likeness (QED) is 0.606. The van der Waals surface area contributed by atoms with E-state index in [9.17, 15) is 9.59 Å². The Balaban J connectivity index is 1.59. The van der Waals surface area contributed by atoms with Crippen molar-refractivity contribution >= 4 is 12.1 Å². The summed E-state index contributed by atoms with van der Waals surface area (Å²) < 4.78 is 16.6. The number of esters is 1. The smallest absolute Gasteiger partial charge is 0.410 e. The van der Waals surface area contributed by atoms with Gasteiger partial charge in [-0.3, -0.25) is 4.79 Å². The number of carbonyl (C=O) groups is 2. The Morgan fingerprint density at radius 3 is 2.33 bits per heavy atom. The highest BCUT2D eigenvalue weighted by Crippen LogP contribution is 2.47. The first-order valence-corrected chi connectivity index (χ1v) is 10.9. The van der Waals surface area contributed by atoms with Crippen LogP contribution in [0.4, 0.5) is 4.79 Å². The van der Waals surface area contributed by atoms with Crippen molar-refractivity contribution < 1.29 is 23.8 Å². The van der Waals surface area contributed by atoms with Crippen LogP contribution in [0.1, 0.15) is 58.9 Å². The molecule has 6 heteroatoms. The molecule has 1 unspecified atom stereocenters. The second-order valence-electron chi connectivity index (χ2n) is 9.72. The highest BCUT2D eigenvalue weighted by molar-refractivity contribution is 5.73. The van der Waals surface area contributed by atoms with Crippen LogP contribution in [0.15, 0.2) is 24.3 Å². The second-order valence-corrected chi connectivity index (χ2v) is 9.72. The zero-order chi connectivity index (χ0) is 22.1. The Kier molecular flexibility index (Phi) is 6.63. The molecule has 2 aliphatic rings. The van der Waals surface area contributed by atoms with Gasteiger partial charge in [-0.2, -0.15) is 0 Å². The van der Waals surface area contributed by atoms with Crippen LogP contribution in [0.5, 0.6) is 5.75 Å². The van der Waals surface area contributed by atoms with Crippen molar-refractivity contribution in [2.24, 2.45) is 17.8 Å². The predicted octanol–water partition coefficient (Wildman–Crippen LogP) is 4.62. The summed E-state index contributed by atoms with van der Waals surface area (Å²) in [4.78, 5) is 26.0. The van der Waals surface area contributed by atoms with E-state index in [1.54, 1.807) is 4.90 Å². The summed E-state index contributed by atoms with van der Waals surface area (Å²) in [5.41, 5.74) is 0.647. The molecule has 1 aromatic rings. The molecule has 1 amide bonds. The van der Waals surface area contributed by atoms with E-state index < -0.39 is 5.60 Å². The number of amides is 1. The van der Waals surface area contributed by atoms with E-state index in [1.165, 1.54) is 7.11 Å². The summed E-state index contributed by atoms with van der Waals surface area (Å²) in [6.45, 7) is 10.9. The number of benzene rings is 1. The van der Waals surface area contributed by atoms with Gasteiger partial charge in [-0.05, 0) is 70.1 Å². The Morgan fingerprint density at radius 1 is 1.10 bits per heavy atom. The molecular weight excluding hydrogens is 382 g/mol. The van der Waals surface area contributed by atoms with E-state index in [4.69, 9.17) is 14.2 Å². The Labute approximate surface area is 179 Å². The first-order valence-electron chi connectivity index (χ1n) is 10.9. The zero-order valence-corrected chi connectivity index (χ0v) is 19.0. The molecule has 1 aromatic carbocycles. The van der Waals surface area contributed by atoms with Gasteiger partial charge in [0, 0.05) is 19.0 Å². The molecule has 0 radical (unpaired) electrons. The molecule has 0 N–H and O–H groups in total. The van der Waals surface area contributed by atoms with Crippen molar-refractivity contribution in [1.29, 1.82) is 0 Å². The van der Waals surface area contributed by atoms with E-state index in [0.717, 1.165) is 24.2 Å². The molecule has 2 fully saturated rings. The third-order valence-electron chi connectivity index (χ3n) is 6.03. The molecule has 0 aromatic heterocycles. The maximum Gasteiger partial charge on any atom is 0.410 e. The number of hydrogen-bond donors (Lipinski definition) is 0. The molecule has 166 valence electrons. The van der Waals surface area contributed by atoms with Crippen LogP contribution in [-0.2, 0) is 14.3 Å². The third kappa shape index (κ3) is 5.46. The topological polar surface area (TPSA) is 65.1 Å². The van der Waals surface area contributed by atoms with Crippen molar-refractivity contribution in [1.82, 2.24) is 4.90 Å². The number of likely N-dealkylation sites (tertiary alicyclic amines) is 1. The van der Waals surface area contributed by atoms with Crippen LogP contribution < -0.4 is 4.74 Å². The maximum absolute atomic E-state index is 12.1. The van der Waals surface area contributed by atoms with Gasteiger partial charge >= 0.3 is 12.1 Å². The lowest BCUT2D eigenvalue weighted by Gasteiger charge is -2.42. The molecule has 1 saturated heterocycles. The van der Waals surface area contributed by atoms with Gasteiger partial charge in [0.25, 0.3) is 0 Å². The summed E-state index contributed by atoms with van der Waals surface area (Å²) in [6, 6.07) is 8.08. The Morgan fingerprint density at radius 2 is 1.77 bits per heavy atom. The largest absolute Gasteiger partial charge is 0.490 e. The van der Waals surface area contributed by atoms with Crippen LogP contribution in [0.2, 0.25) is 0 Å². The fourth-order valence-corrected chi connectivity index (χ4v) is 4.15. The predicted molar refractivity (Wildman–Crippen MR) is 114 cm³/mol. The van der Waals surface area contributed by atoms with Gasteiger partial charge in [0.1, 0.15) is 17.5 Å². The van der Waals surface area contributed by atoms with Crippen molar-refractivity contribution in [3.8, 4) is 5.75 Å². The molecule has 30 heavy (non-hydrogen) atoms. The minimum absolute atomic E-state index is 0.0173. The summed E-state index contributed by atoms with van der Waals surface area (Å²) >= 11 is 0. The number of nitrogens with zero attached hydrogens (tertiary/aromatic N) is 1. The molecular formula is C24H35NO5. The minimum Gasteiger partial charge on any atom is -0.490 e. The normalized spacial score (nSPS) is 20.0. The first-order chi connectivity index (χ1) is 14.1. The van der Waals surface area contributed by atoms with Crippen LogP contribution in [0.3, 0.4) is 0 Å². The Bertz CT molecular complexity index is 761. The molecule has 6 nitrogen and oxygen atoms in total. The highest BCUT2D eigenvalue weighted by atomic mass is 16.6. The van der Waals surface area contributed by atoms with Crippen molar-refractivity contribution in [2.75, 3.05) is 20.2 Å². The standard InChI is InChI=1S/C24H35NO5/c1-15(22(26)28-6)21(17-10-11-17)18-8-7-9-20(12-18)29-16(2)19-13-25(14-19)23(27)30-24(3,4)5/h7-9,12,15-17,19,21H,10-11,13-14H2,1-6H3/t15-,16?,21-/m0/s1. The van der Waals surface area contributed by atoms with Crippen molar-refractivity contribution in [3.05, 3.63) is 29.8 Å². The molecule has 0 bridgehead atoms. The fraction of sp³-hybridized carbons (Fsp3) is 0.667. The molecule has 1 heterocycles. The van der Waals surface area contributed by atoms with Gasteiger partial charge in [-0.15, -0.1) is 0 Å². The summed E-state index contributed by atoms with van der Waals surface area (Å²) in [7, 11) is 1.45. The lowest BCUT2D eigenvalue weighted by Crippen LogP contribution is -2.55. The third-order valence-corrected chi connectivity index (χ3v) is 6.03.